The van der Waals surface area contributed by atoms with E-state index in [-0.39, 0.29) is 24.1 Å². The van der Waals surface area contributed by atoms with E-state index in [4.69, 9.17) is 0 Å². The highest BCUT2D eigenvalue weighted by Gasteiger charge is 2.31. The first-order valence-corrected chi connectivity index (χ1v) is 10.4. The Kier molecular flexibility index (Phi) is 5.92. The Bertz CT molecular complexity index is 1200. The number of hydrogen-bond acceptors (Lipinski definition) is 4. The highest BCUT2D eigenvalue weighted by atomic mass is 19.4. The third kappa shape index (κ3) is 4.74. The van der Waals surface area contributed by atoms with Gasteiger partial charge in [-0.05, 0) is 50.6 Å². The van der Waals surface area contributed by atoms with Crippen molar-refractivity contribution in [2.75, 3.05) is 16.8 Å². The van der Waals surface area contributed by atoms with Crippen LogP contribution in [0.5, 0.6) is 0 Å². The predicted octanol–water partition coefficient (Wildman–Crippen LogP) is 4.21. The molecule has 0 atom stereocenters. The van der Waals surface area contributed by atoms with Crippen molar-refractivity contribution in [2.45, 2.75) is 39.3 Å². The Morgan fingerprint density at radius 2 is 1.97 bits per heavy atom. The van der Waals surface area contributed by atoms with Gasteiger partial charge in [-0.25, -0.2) is 9.67 Å². The number of benzene rings is 1. The Morgan fingerprint density at radius 3 is 2.61 bits per heavy atom. The molecule has 33 heavy (non-hydrogen) atoms. The molecule has 0 spiro atoms. The van der Waals surface area contributed by atoms with Crippen molar-refractivity contribution in [3.8, 4) is 5.82 Å². The average Bonchev–Trinajstić information content (AvgIpc) is 3.31. The lowest BCUT2D eigenvalue weighted by atomic mass is 10.1. The third-order valence-corrected chi connectivity index (χ3v) is 5.59. The molecule has 2 amide bonds. The van der Waals surface area contributed by atoms with Gasteiger partial charge in [-0.1, -0.05) is 6.07 Å². The molecule has 1 fully saturated rings. The molecule has 0 saturated carbocycles. The summed E-state index contributed by atoms with van der Waals surface area (Å²) < 4.78 is 39.8. The van der Waals surface area contributed by atoms with Crippen LogP contribution in [0.3, 0.4) is 0 Å². The highest BCUT2D eigenvalue weighted by Crippen LogP contribution is 2.29. The van der Waals surface area contributed by atoms with Crippen LogP contribution in [0.4, 0.5) is 24.5 Å². The van der Waals surface area contributed by atoms with E-state index >= 15 is 0 Å². The molecule has 1 aliphatic heterocycles. The number of rotatable bonds is 5. The average molecular weight is 457 g/mol. The lowest BCUT2D eigenvalue weighted by molar-refractivity contribution is -0.137. The topological polar surface area (TPSA) is 80.1 Å². The fourth-order valence-corrected chi connectivity index (χ4v) is 3.87. The number of aryl methyl sites for hydroxylation is 1. The minimum atomic E-state index is -4.47. The van der Waals surface area contributed by atoms with E-state index in [1.54, 1.807) is 36.9 Å². The fraction of sp³-hybridized carbons (Fsp3) is 0.304. The molecule has 172 valence electrons. The second kappa shape index (κ2) is 8.68. The summed E-state index contributed by atoms with van der Waals surface area (Å²) in [6.07, 6.45) is -2.34. The van der Waals surface area contributed by atoms with Gasteiger partial charge < -0.3 is 10.2 Å². The number of halogens is 3. The second-order valence-corrected chi connectivity index (χ2v) is 7.89. The highest BCUT2D eigenvalue weighted by molar-refractivity contribution is 5.97. The van der Waals surface area contributed by atoms with Gasteiger partial charge in [0.05, 0.1) is 17.7 Å². The zero-order chi connectivity index (χ0) is 23.8. The van der Waals surface area contributed by atoms with Gasteiger partial charge in [-0.2, -0.15) is 18.3 Å². The van der Waals surface area contributed by atoms with Crippen molar-refractivity contribution in [2.24, 2.45) is 0 Å². The summed E-state index contributed by atoms with van der Waals surface area (Å²) in [5.41, 5.74) is 2.34. The molecule has 0 aliphatic carbocycles. The smallest absolute Gasteiger partial charge is 0.326 e. The number of alkyl halides is 3. The van der Waals surface area contributed by atoms with Crippen molar-refractivity contribution in [3.63, 3.8) is 0 Å². The molecule has 1 N–H and O–H groups in total. The normalized spacial score (nSPS) is 14.1. The van der Waals surface area contributed by atoms with Crippen LogP contribution in [0, 0.1) is 13.8 Å². The third-order valence-electron chi connectivity index (χ3n) is 5.59. The monoisotopic (exact) mass is 457 g/mol. The summed E-state index contributed by atoms with van der Waals surface area (Å²) >= 11 is 0. The molecule has 7 nitrogen and oxygen atoms in total. The quantitative estimate of drug-likeness (QED) is 0.623. The molecule has 10 heteroatoms. The number of aromatic nitrogens is 3. The van der Waals surface area contributed by atoms with Crippen LogP contribution in [-0.2, 0) is 22.2 Å². The van der Waals surface area contributed by atoms with E-state index in [9.17, 15) is 22.8 Å². The Labute approximate surface area is 188 Å². The maximum atomic E-state index is 12.8. The Morgan fingerprint density at radius 1 is 1.18 bits per heavy atom. The molecule has 1 aliphatic rings. The van der Waals surface area contributed by atoms with Crippen molar-refractivity contribution in [1.29, 1.82) is 0 Å². The number of anilines is 2. The van der Waals surface area contributed by atoms with E-state index in [2.05, 4.69) is 15.4 Å². The Balaban J connectivity index is 1.49. The van der Waals surface area contributed by atoms with Crippen LogP contribution in [0.15, 0.2) is 42.6 Å². The van der Waals surface area contributed by atoms with Gasteiger partial charge in [0.1, 0.15) is 0 Å². The molecule has 1 saturated heterocycles. The molecule has 0 bridgehead atoms. The number of nitrogens with one attached hydrogen (secondary N) is 1. The van der Waals surface area contributed by atoms with Crippen LogP contribution in [0.2, 0.25) is 0 Å². The fourth-order valence-electron chi connectivity index (χ4n) is 3.87. The molecule has 4 rings (SSSR count). The first-order chi connectivity index (χ1) is 15.6. The molecule has 3 aromatic rings. The van der Waals surface area contributed by atoms with Gasteiger partial charge in [-0.15, -0.1) is 0 Å². The minimum Gasteiger partial charge on any atom is -0.326 e. The van der Waals surface area contributed by atoms with E-state index in [0.717, 1.165) is 24.4 Å². The van der Waals surface area contributed by atoms with Crippen LogP contribution >= 0.6 is 0 Å². The number of nitrogens with zero attached hydrogens (tertiary/aromatic N) is 4. The standard InChI is InChI=1S/C23H22F3N5O2/c1-14-19(15(2)31(29-14)20-9-8-16(13-27-20)23(24,25)26)12-21(32)28-17-5-3-6-18(11-17)30-10-4-7-22(30)33/h3,5-6,8-9,11,13H,4,7,10,12H2,1-2H3,(H,28,32). The molecule has 3 heterocycles. The molecule has 0 unspecified atom stereocenters. The van der Waals surface area contributed by atoms with E-state index in [1.807, 2.05) is 6.07 Å². The number of pyridine rings is 1. The molecule has 0 radical (unpaired) electrons. The zero-order valence-electron chi connectivity index (χ0n) is 18.1. The summed E-state index contributed by atoms with van der Waals surface area (Å²) in [6, 6.07) is 9.31. The number of carbonyl (C=O) groups is 2. The summed E-state index contributed by atoms with van der Waals surface area (Å²) in [7, 11) is 0. The lowest BCUT2D eigenvalue weighted by Gasteiger charge is -2.16. The van der Waals surface area contributed by atoms with Gasteiger partial charge in [-0.3, -0.25) is 9.59 Å². The predicted molar refractivity (Wildman–Crippen MR) is 116 cm³/mol. The summed E-state index contributed by atoms with van der Waals surface area (Å²) in [4.78, 5) is 30.3. The number of carbonyl (C=O) groups excluding carboxylic acids is 2. The molecular weight excluding hydrogens is 435 g/mol. The largest absolute Gasteiger partial charge is 0.417 e. The maximum Gasteiger partial charge on any atom is 0.417 e. The SMILES string of the molecule is Cc1nn(-c2ccc(C(F)(F)F)cn2)c(C)c1CC(=O)Nc1cccc(N2CCCC2=O)c1. The van der Waals surface area contributed by atoms with Gasteiger partial charge in [0, 0.05) is 41.8 Å². The first kappa shape index (κ1) is 22.5. The minimum absolute atomic E-state index is 0.0329. The molecule has 2 aromatic heterocycles. The van der Waals surface area contributed by atoms with Crippen molar-refractivity contribution in [1.82, 2.24) is 14.8 Å². The summed E-state index contributed by atoms with van der Waals surface area (Å²) in [5, 5.41) is 7.20. The van der Waals surface area contributed by atoms with Gasteiger partial charge in [0.25, 0.3) is 0 Å². The van der Waals surface area contributed by atoms with E-state index in [1.165, 1.54) is 10.7 Å². The molecular formula is C23H22F3N5O2. The van der Waals surface area contributed by atoms with E-state index in [0.29, 0.717) is 35.6 Å². The lowest BCUT2D eigenvalue weighted by Crippen LogP contribution is -2.24. The van der Waals surface area contributed by atoms with Gasteiger partial charge in [0.2, 0.25) is 11.8 Å². The van der Waals surface area contributed by atoms with E-state index < -0.39 is 11.7 Å². The van der Waals surface area contributed by atoms with Crippen molar-refractivity contribution in [3.05, 3.63) is 65.1 Å². The van der Waals surface area contributed by atoms with Crippen LogP contribution in [-0.4, -0.2) is 33.1 Å². The second-order valence-electron chi connectivity index (χ2n) is 7.89. The van der Waals surface area contributed by atoms with Crippen LogP contribution in [0.1, 0.15) is 35.4 Å². The Hall–Kier alpha value is -3.69. The summed E-state index contributed by atoms with van der Waals surface area (Å²) in [5.74, 6) is 0.0262. The van der Waals surface area contributed by atoms with Crippen molar-refractivity contribution < 1.29 is 22.8 Å². The van der Waals surface area contributed by atoms with Crippen LogP contribution < -0.4 is 10.2 Å². The van der Waals surface area contributed by atoms with Crippen LogP contribution in [0.25, 0.3) is 5.82 Å². The van der Waals surface area contributed by atoms with Crippen molar-refractivity contribution >= 4 is 23.2 Å². The molecule has 1 aromatic carbocycles. The number of amides is 2. The zero-order valence-corrected chi connectivity index (χ0v) is 18.1. The van der Waals surface area contributed by atoms with Gasteiger partial charge in [0.15, 0.2) is 5.82 Å². The van der Waals surface area contributed by atoms with Gasteiger partial charge >= 0.3 is 6.18 Å². The first-order valence-electron chi connectivity index (χ1n) is 10.4. The summed E-state index contributed by atoms with van der Waals surface area (Å²) in [6.45, 7) is 4.13. The maximum absolute atomic E-state index is 12.8. The number of hydrogen-bond donors (Lipinski definition) is 1.